The van der Waals surface area contributed by atoms with E-state index >= 15 is 0 Å². The summed E-state index contributed by atoms with van der Waals surface area (Å²) in [7, 11) is 1.96. The second kappa shape index (κ2) is 9.38. The van der Waals surface area contributed by atoms with Gasteiger partial charge in [-0.15, -0.1) is 0 Å². The molecule has 5 heteroatoms. The summed E-state index contributed by atoms with van der Waals surface area (Å²) in [5.74, 6) is -1.13. The molecule has 27 heavy (non-hydrogen) atoms. The molecule has 0 aliphatic carbocycles. The molecule has 1 aliphatic heterocycles. The summed E-state index contributed by atoms with van der Waals surface area (Å²) in [5.41, 5.74) is 1.57. The first-order valence-corrected chi connectivity index (χ1v) is 9.59. The van der Waals surface area contributed by atoms with Crippen LogP contribution in [0.5, 0.6) is 0 Å². The summed E-state index contributed by atoms with van der Waals surface area (Å²) in [6.07, 6.45) is 3.16. The third kappa shape index (κ3) is 5.81. The molecule has 0 amide bonds. The number of hydrogen-bond donors (Lipinski definition) is 0. The molecule has 1 aliphatic rings. The molecule has 0 aromatic heterocycles. The van der Waals surface area contributed by atoms with E-state index in [2.05, 4.69) is 9.80 Å². The summed E-state index contributed by atoms with van der Waals surface area (Å²) < 4.78 is 40.1. The van der Waals surface area contributed by atoms with Crippen molar-refractivity contribution >= 4 is 0 Å². The van der Waals surface area contributed by atoms with E-state index in [0.717, 1.165) is 57.1 Å². The van der Waals surface area contributed by atoms with Crippen LogP contribution in [-0.4, -0.2) is 43.0 Å². The van der Waals surface area contributed by atoms with Gasteiger partial charge < -0.3 is 9.80 Å². The van der Waals surface area contributed by atoms with Gasteiger partial charge in [-0.1, -0.05) is 24.3 Å². The zero-order chi connectivity index (χ0) is 19.2. The Labute approximate surface area is 159 Å². The van der Waals surface area contributed by atoms with Crippen molar-refractivity contribution in [2.24, 2.45) is 5.92 Å². The molecule has 0 radical (unpaired) electrons. The van der Waals surface area contributed by atoms with Crippen LogP contribution in [0.15, 0.2) is 42.5 Å². The smallest absolute Gasteiger partial charge is 0.163 e. The van der Waals surface area contributed by atoms with E-state index in [1.54, 1.807) is 12.1 Å². The number of nitrogens with zero attached hydrogens (tertiary/aromatic N) is 2. The van der Waals surface area contributed by atoms with Crippen molar-refractivity contribution in [3.63, 3.8) is 0 Å². The van der Waals surface area contributed by atoms with E-state index in [-0.39, 0.29) is 5.82 Å². The first-order valence-electron chi connectivity index (χ1n) is 9.59. The first kappa shape index (κ1) is 19.9. The lowest BCUT2D eigenvalue weighted by atomic mass is 9.95. The fourth-order valence-electron chi connectivity index (χ4n) is 3.80. The van der Waals surface area contributed by atoms with Crippen molar-refractivity contribution in [1.82, 2.24) is 9.80 Å². The van der Waals surface area contributed by atoms with Gasteiger partial charge in [-0.05, 0) is 69.1 Å². The highest BCUT2D eigenvalue weighted by atomic mass is 19.2. The minimum absolute atomic E-state index is 0.193. The largest absolute Gasteiger partial charge is 0.303 e. The average Bonchev–Trinajstić information content (AvgIpc) is 2.66. The predicted molar refractivity (Wildman–Crippen MR) is 102 cm³/mol. The molecule has 146 valence electrons. The maximum absolute atomic E-state index is 13.8. The van der Waals surface area contributed by atoms with E-state index in [0.29, 0.717) is 18.0 Å². The Bertz CT molecular complexity index is 725. The summed E-state index contributed by atoms with van der Waals surface area (Å²) in [6.45, 7) is 4.40. The topological polar surface area (TPSA) is 6.48 Å². The maximum Gasteiger partial charge on any atom is 0.163 e. The zero-order valence-corrected chi connectivity index (χ0v) is 15.8. The Kier molecular flexibility index (Phi) is 6.91. The summed E-state index contributed by atoms with van der Waals surface area (Å²) in [4.78, 5) is 4.53. The maximum atomic E-state index is 13.8. The molecule has 1 fully saturated rings. The predicted octanol–water partition coefficient (Wildman–Crippen LogP) is 4.49. The minimum atomic E-state index is -0.782. The molecule has 1 saturated heterocycles. The van der Waals surface area contributed by atoms with Crippen LogP contribution in [0, 0.1) is 23.4 Å². The molecular formula is C22H27F3N2. The van der Waals surface area contributed by atoms with Gasteiger partial charge in [0, 0.05) is 25.2 Å². The van der Waals surface area contributed by atoms with Gasteiger partial charge in [0.05, 0.1) is 0 Å². The summed E-state index contributed by atoms with van der Waals surface area (Å²) in [6, 6.07) is 11.1. The Morgan fingerprint density at radius 1 is 1.00 bits per heavy atom. The third-order valence-electron chi connectivity index (χ3n) is 5.38. The van der Waals surface area contributed by atoms with Crippen molar-refractivity contribution in [1.29, 1.82) is 0 Å². The van der Waals surface area contributed by atoms with Crippen LogP contribution >= 0.6 is 0 Å². The second-order valence-corrected chi connectivity index (χ2v) is 7.57. The molecule has 3 rings (SSSR count). The van der Waals surface area contributed by atoms with Crippen LogP contribution in [0.25, 0.3) is 0 Å². The van der Waals surface area contributed by atoms with Crippen LogP contribution in [-0.2, 0) is 13.0 Å². The lowest BCUT2D eigenvalue weighted by Gasteiger charge is -2.34. The van der Waals surface area contributed by atoms with Gasteiger partial charge in [0.25, 0.3) is 0 Å². The number of likely N-dealkylation sites (tertiary alicyclic amines) is 1. The van der Waals surface area contributed by atoms with Crippen molar-refractivity contribution < 1.29 is 13.2 Å². The molecular weight excluding hydrogens is 349 g/mol. The fraction of sp³-hybridized carbons (Fsp3) is 0.455. The Balaban J connectivity index is 1.39. The molecule has 2 aromatic rings. The normalized spacial score (nSPS) is 16.2. The van der Waals surface area contributed by atoms with Gasteiger partial charge in [0.1, 0.15) is 5.82 Å². The second-order valence-electron chi connectivity index (χ2n) is 7.57. The molecule has 0 spiro atoms. The van der Waals surface area contributed by atoms with Gasteiger partial charge >= 0.3 is 0 Å². The van der Waals surface area contributed by atoms with Gasteiger partial charge in [0.15, 0.2) is 11.6 Å². The van der Waals surface area contributed by atoms with E-state index in [1.165, 1.54) is 12.1 Å². The van der Waals surface area contributed by atoms with Crippen LogP contribution in [0.1, 0.15) is 24.0 Å². The number of rotatable bonds is 7. The first-order chi connectivity index (χ1) is 13.0. The van der Waals surface area contributed by atoms with Crippen LogP contribution in [0.2, 0.25) is 0 Å². The lowest BCUT2D eigenvalue weighted by molar-refractivity contribution is 0.153. The van der Waals surface area contributed by atoms with Crippen LogP contribution < -0.4 is 0 Å². The van der Waals surface area contributed by atoms with Crippen molar-refractivity contribution in [2.45, 2.75) is 25.8 Å². The SMILES string of the molecule is CN(Cc1cccc(F)c1F)CC1CCN(CCc2ccc(F)cc2)CC1. The molecule has 2 nitrogen and oxygen atoms in total. The quantitative estimate of drug-likeness (QED) is 0.703. The number of piperidine rings is 1. The summed E-state index contributed by atoms with van der Waals surface area (Å²) >= 11 is 0. The van der Waals surface area contributed by atoms with E-state index in [1.807, 2.05) is 19.2 Å². The highest BCUT2D eigenvalue weighted by Crippen LogP contribution is 2.20. The molecule has 0 unspecified atom stereocenters. The molecule has 0 bridgehead atoms. The zero-order valence-electron chi connectivity index (χ0n) is 15.8. The standard InChI is InChI=1S/C22H27F3N2/c1-26(16-19-3-2-4-21(24)22(19)25)15-18-10-13-27(14-11-18)12-9-17-5-7-20(23)8-6-17/h2-8,18H,9-16H2,1H3. The van der Waals surface area contributed by atoms with Gasteiger partial charge in [-0.25, -0.2) is 13.2 Å². The average molecular weight is 376 g/mol. The van der Waals surface area contributed by atoms with Crippen LogP contribution in [0.3, 0.4) is 0 Å². The number of hydrogen-bond acceptors (Lipinski definition) is 2. The van der Waals surface area contributed by atoms with Crippen LogP contribution in [0.4, 0.5) is 13.2 Å². The minimum Gasteiger partial charge on any atom is -0.303 e. The van der Waals surface area contributed by atoms with Gasteiger partial charge in [-0.2, -0.15) is 0 Å². The fourth-order valence-corrected chi connectivity index (χ4v) is 3.80. The van der Waals surface area contributed by atoms with Crippen molar-refractivity contribution in [3.8, 4) is 0 Å². The Morgan fingerprint density at radius 3 is 2.41 bits per heavy atom. The Hall–Kier alpha value is -1.85. The van der Waals surface area contributed by atoms with E-state index < -0.39 is 11.6 Å². The molecule has 0 N–H and O–H groups in total. The molecule has 1 heterocycles. The van der Waals surface area contributed by atoms with Gasteiger partial charge in [-0.3, -0.25) is 0 Å². The molecule has 0 atom stereocenters. The van der Waals surface area contributed by atoms with E-state index in [4.69, 9.17) is 0 Å². The Morgan fingerprint density at radius 2 is 1.70 bits per heavy atom. The number of halogens is 3. The molecule has 0 saturated carbocycles. The third-order valence-corrected chi connectivity index (χ3v) is 5.38. The van der Waals surface area contributed by atoms with Gasteiger partial charge in [0.2, 0.25) is 0 Å². The number of benzene rings is 2. The highest BCUT2D eigenvalue weighted by molar-refractivity contribution is 5.19. The molecule has 2 aromatic carbocycles. The monoisotopic (exact) mass is 376 g/mol. The van der Waals surface area contributed by atoms with Crippen molar-refractivity contribution in [3.05, 3.63) is 71.0 Å². The van der Waals surface area contributed by atoms with Crippen molar-refractivity contribution in [2.75, 3.05) is 33.2 Å². The summed E-state index contributed by atoms with van der Waals surface area (Å²) in [5, 5.41) is 0. The lowest BCUT2D eigenvalue weighted by Crippen LogP contribution is -2.38. The van der Waals surface area contributed by atoms with E-state index in [9.17, 15) is 13.2 Å². The highest BCUT2D eigenvalue weighted by Gasteiger charge is 2.21.